The van der Waals surface area contributed by atoms with Crippen molar-refractivity contribution < 1.29 is 31.2 Å². The normalized spacial score (nSPS) is 15.0. The van der Waals surface area contributed by atoms with Gasteiger partial charge in [0.15, 0.2) is 0 Å². The number of halogens is 3. The lowest BCUT2D eigenvalue weighted by atomic mass is 9.90. The molecule has 0 spiro atoms. The molecule has 0 unspecified atom stereocenters. The summed E-state index contributed by atoms with van der Waals surface area (Å²) in [6.45, 7) is 0.196. The lowest BCUT2D eigenvalue weighted by molar-refractivity contribution is -0.137. The van der Waals surface area contributed by atoms with E-state index in [1.165, 1.54) is 66.9 Å². The van der Waals surface area contributed by atoms with E-state index in [1.807, 2.05) is 0 Å². The van der Waals surface area contributed by atoms with Gasteiger partial charge in [-0.15, -0.1) is 0 Å². The zero-order valence-corrected chi connectivity index (χ0v) is 18.7. The molecule has 11 heteroatoms. The number of rotatable bonds is 5. The third kappa shape index (κ3) is 5.10. The Kier molecular flexibility index (Phi) is 6.22. The second-order valence-electron chi connectivity index (χ2n) is 7.71. The van der Waals surface area contributed by atoms with Crippen LogP contribution in [0.5, 0.6) is 0 Å². The van der Waals surface area contributed by atoms with Crippen molar-refractivity contribution in [2.75, 3.05) is 0 Å². The van der Waals surface area contributed by atoms with Crippen LogP contribution in [0.25, 0.3) is 16.7 Å². The highest BCUT2D eigenvalue weighted by atomic mass is 32.2. The van der Waals surface area contributed by atoms with Crippen LogP contribution in [-0.2, 0) is 27.5 Å². The number of benzene rings is 3. The van der Waals surface area contributed by atoms with Crippen molar-refractivity contribution in [3.63, 3.8) is 0 Å². The molecule has 3 aromatic rings. The number of primary sulfonamides is 1. The van der Waals surface area contributed by atoms with E-state index in [0.29, 0.717) is 5.56 Å². The molecule has 0 saturated carbocycles. The van der Waals surface area contributed by atoms with E-state index >= 15 is 0 Å². The zero-order valence-electron chi connectivity index (χ0n) is 17.9. The van der Waals surface area contributed by atoms with E-state index < -0.39 is 33.6 Å². The fraction of sp³-hybridized carbons (Fsp3) is 0.0833. The van der Waals surface area contributed by atoms with Crippen molar-refractivity contribution >= 4 is 27.4 Å². The van der Waals surface area contributed by atoms with Crippen LogP contribution in [0, 0.1) is 0 Å². The minimum atomic E-state index is -4.58. The summed E-state index contributed by atoms with van der Waals surface area (Å²) in [7, 11) is -3.83. The van der Waals surface area contributed by atoms with Crippen LogP contribution in [0.2, 0.25) is 0 Å². The Morgan fingerprint density at radius 1 is 0.886 bits per heavy atom. The van der Waals surface area contributed by atoms with Gasteiger partial charge in [0.05, 0.1) is 16.0 Å². The number of carbonyl (C=O) groups excluding carboxylic acids is 2. The molecular formula is C24H18F3N3O4S. The van der Waals surface area contributed by atoms with Crippen LogP contribution in [0.1, 0.15) is 27.0 Å². The molecule has 3 aromatic carbocycles. The summed E-state index contributed by atoms with van der Waals surface area (Å²) in [4.78, 5) is 24.8. The van der Waals surface area contributed by atoms with Crippen LogP contribution in [-0.4, -0.2) is 20.2 Å². The summed E-state index contributed by atoms with van der Waals surface area (Å²) in [6, 6.07) is 14.9. The van der Waals surface area contributed by atoms with Crippen LogP contribution >= 0.6 is 0 Å². The quantitative estimate of drug-likeness (QED) is 0.366. The van der Waals surface area contributed by atoms with Gasteiger partial charge in [0.25, 0.3) is 11.8 Å². The summed E-state index contributed by atoms with van der Waals surface area (Å²) >= 11 is 0. The van der Waals surface area contributed by atoms with Gasteiger partial charge in [-0.1, -0.05) is 36.4 Å². The van der Waals surface area contributed by atoms with Crippen molar-refractivity contribution in [1.29, 1.82) is 0 Å². The molecule has 2 amide bonds. The third-order valence-corrected chi connectivity index (χ3v) is 6.30. The second kappa shape index (κ2) is 9.01. The van der Waals surface area contributed by atoms with Crippen LogP contribution in [0.15, 0.2) is 77.8 Å². The van der Waals surface area contributed by atoms with E-state index in [4.69, 9.17) is 5.14 Å². The minimum Gasteiger partial charge on any atom is -0.386 e. The van der Waals surface area contributed by atoms with Gasteiger partial charge in [-0.2, -0.15) is 13.2 Å². The maximum atomic E-state index is 13.5. The fourth-order valence-corrected chi connectivity index (χ4v) is 4.20. The van der Waals surface area contributed by atoms with Gasteiger partial charge in [-0.25, -0.2) is 13.6 Å². The summed E-state index contributed by atoms with van der Waals surface area (Å²) < 4.78 is 63.3. The van der Waals surface area contributed by atoms with Crippen LogP contribution < -0.4 is 15.8 Å². The Balaban J connectivity index is 1.67. The first-order valence-corrected chi connectivity index (χ1v) is 11.7. The van der Waals surface area contributed by atoms with E-state index in [0.717, 1.165) is 6.07 Å². The van der Waals surface area contributed by atoms with E-state index in [2.05, 4.69) is 10.6 Å². The molecule has 0 radical (unpaired) electrons. The highest BCUT2D eigenvalue weighted by Gasteiger charge is 2.34. The molecular weight excluding hydrogens is 483 g/mol. The molecule has 0 bridgehead atoms. The lowest BCUT2D eigenvalue weighted by Crippen LogP contribution is -2.37. The predicted molar refractivity (Wildman–Crippen MR) is 122 cm³/mol. The fourth-order valence-electron chi connectivity index (χ4n) is 3.69. The first-order chi connectivity index (χ1) is 16.4. The molecule has 180 valence electrons. The minimum absolute atomic E-state index is 0.0506. The Hall–Kier alpha value is -3.96. The molecule has 1 aliphatic heterocycles. The highest BCUT2D eigenvalue weighted by Crippen LogP contribution is 2.38. The number of fused-ring (bicyclic) bond motifs is 1. The predicted octanol–water partition coefficient (Wildman–Crippen LogP) is 3.42. The van der Waals surface area contributed by atoms with Gasteiger partial charge in [0.1, 0.15) is 0 Å². The van der Waals surface area contributed by atoms with Gasteiger partial charge in [-0.3, -0.25) is 14.9 Å². The Morgan fingerprint density at radius 3 is 2.23 bits per heavy atom. The molecule has 0 aromatic heterocycles. The number of carbonyl (C=O) groups is 2. The first-order valence-electron chi connectivity index (χ1n) is 10.2. The van der Waals surface area contributed by atoms with Crippen molar-refractivity contribution in [2.24, 2.45) is 5.14 Å². The average molecular weight is 501 g/mol. The molecule has 4 N–H and O–H groups in total. The van der Waals surface area contributed by atoms with Crippen molar-refractivity contribution in [1.82, 2.24) is 10.6 Å². The number of amides is 2. The molecule has 7 nitrogen and oxygen atoms in total. The molecule has 35 heavy (non-hydrogen) atoms. The number of hydrogen-bond acceptors (Lipinski definition) is 5. The molecule has 0 fully saturated rings. The lowest BCUT2D eigenvalue weighted by Gasteiger charge is -2.20. The Bertz CT molecular complexity index is 1460. The molecule has 0 aliphatic carbocycles. The van der Waals surface area contributed by atoms with Crippen LogP contribution in [0.3, 0.4) is 0 Å². The molecule has 4 rings (SSSR count). The molecule has 1 aliphatic rings. The van der Waals surface area contributed by atoms with Gasteiger partial charge >= 0.3 is 6.18 Å². The SMILES string of the molecule is NS(=O)(=O)c1ccc(CNC=C2C(=O)NC(=O)c3ccc(-c4ccccc4C(F)(F)F)cc32)cc1. The highest BCUT2D eigenvalue weighted by molar-refractivity contribution is 7.89. The van der Waals surface area contributed by atoms with E-state index in [9.17, 15) is 31.2 Å². The summed E-state index contributed by atoms with van der Waals surface area (Å²) in [5.41, 5.74) is 0.348. The first kappa shape index (κ1) is 24.2. The van der Waals surface area contributed by atoms with Gasteiger partial charge in [-0.05, 0) is 47.0 Å². The monoisotopic (exact) mass is 501 g/mol. The van der Waals surface area contributed by atoms with E-state index in [1.54, 1.807) is 0 Å². The number of sulfonamides is 1. The van der Waals surface area contributed by atoms with Gasteiger partial charge < -0.3 is 5.32 Å². The molecule has 0 atom stereocenters. The topological polar surface area (TPSA) is 118 Å². The number of hydrogen-bond donors (Lipinski definition) is 3. The standard InChI is InChI=1S/C24H18F3N3O4S/c25-24(26,27)21-4-2-1-3-17(21)15-7-10-18-19(11-15)20(23(32)30-22(18)31)13-29-12-14-5-8-16(9-6-14)35(28,33)34/h1-11,13,29H,12H2,(H2,28,33,34)(H,30,31,32). The maximum Gasteiger partial charge on any atom is 0.417 e. The van der Waals surface area contributed by atoms with Gasteiger partial charge in [0, 0.05) is 23.9 Å². The third-order valence-electron chi connectivity index (χ3n) is 5.37. The number of nitrogens with two attached hydrogens (primary N) is 1. The van der Waals surface area contributed by atoms with Crippen molar-refractivity contribution in [2.45, 2.75) is 17.6 Å². The van der Waals surface area contributed by atoms with Crippen molar-refractivity contribution in [3.05, 3.63) is 95.2 Å². The van der Waals surface area contributed by atoms with Crippen LogP contribution in [0.4, 0.5) is 13.2 Å². The number of nitrogens with one attached hydrogen (secondary N) is 2. The average Bonchev–Trinajstić information content (AvgIpc) is 2.80. The Morgan fingerprint density at radius 2 is 1.57 bits per heavy atom. The van der Waals surface area contributed by atoms with E-state index in [-0.39, 0.29) is 39.3 Å². The summed E-state index contributed by atoms with van der Waals surface area (Å²) in [5, 5.41) is 10.2. The largest absolute Gasteiger partial charge is 0.417 e. The smallest absolute Gasteiger partial charge is 0.386 e. The maximum absolute atomic E-state index is 13.5. The van der Waals surface area contributed by atoms with Crippen molar-refractivity contribution in [3.8, 4) is 11.1 Å². The molecule has 1 heterocycles. The summed E-state index contributed by atoms with van der Waals surface area (Å²) in [6.07, 6.45) is -3.23. The van der Waals surface area contributed by atoms with Gasteiger partial charge in [0.2, 0.25) is 10.0 Å². The number of imide groups is 1. The summed E-state index contributed by atoms with van der Waals surface area (Å²) in [5.74, 6) is -1.36. The molecule has 0 saturated heterocycles. The zero-order chi connectivity index (χ0) is 25.4. The Labute approximate surface area is 198 Å². The second-order valence-corrected chi connectivity index (χ2v) is 9.28. The number of alkyl halides is 3.